The molecule has 2 amide bonds. The molecule has 1 aliphatic heterocycles. The van der Waals surface area contributed by atoms with E-state index in [1.807, 2.05) is 31.2 Å². The van der Waals surface area contributed by atoms with Gasteiger partial charge in [0.25, 0.3) is 0 Å². The van der Waals surface area contributed by atoms with Crippen LogP contribution in [0.2, 0.25) is 0 Å². The highest BCUT2D eigenvalue weighted by Gasteiger charge is 2.60. The van der Waals surface area contributed by atoms with Gasteiger partial charge in [-0.2, -0.15) is 5.10 Å². The largest absolute Gasteiger partial charge is 0.428 e. The molecule has 1 saturated heterocycles. The zero-order chi connectivity index (χ0) is 19.9. The Bertz CT molecular complexity index is 934. The monoisotopic (exact) mass is 380 g/mol. The van der Waals surface area contributed by atoms with Gasteiger partial charge in [0.2, 0.25) is 5.90 Å². The number of aryl methyl sites for hydroxylation is 1. The second kappa shape index (κ2) is 6.78. The Morgan fingerprint density at radius 1 is 1.39 bits per heavy atom. The van der Waals surface area contributed by atoms with Crippen LogP contribution >= 0.6 is 0 Å². The Kier molecular flexibility index (Phi) is 4.41. The zero-order valence-electron chi connectivity index (χ0n) is 16.0. The van der Waals surface area contributed by atoms with Crippen molar-refractivity contribution < 1.29 is 9.53 Å². The number of nitrogens with zero attached hydrogens (tertiary/aromatic N) is 2. The van der Waals surface area contributed by atoms with Crippen molar-refractivity contribution in [1.29, 1.82) is 10.8 Å². The number of carbonyl (C=O) groups is 1. The molecule has 2 fully saturated rings. The number of aromatic nitrogens is 2. The number of urea groups is 1. The molecule has 0 radical (unpaired) electrons. The lowest BCUT2D eigenvalue weighted by Gasteiger charge is -2.60. The molecule has 146 valence electrons. The van der Waals surface area contributed by atoms with Crippen LogP contribution in [-0.2, 0) is 4.74 Å². The van der Waals surface area contributed by atoms with Crippen molar-refractivity contribution in [3.05, 3.63) is 36.0 Å². The third-order valence-electron chi connectivity index (χ3n) is 5.70. The fourth-order valence-electron chi connectivity index (χ4n) is 4.40. The zero-order valence-corrected chi connectivity index (χ0v) is 16.0. The maximum atomic E-state index is 13.1. The third-order valence-corrected chi connectivity index (χ3v) is 5.70. The summed E-state index contributed by atoms with van der Waals surface area (Å²) in [6.07, 6.45) is 4.99. The van der Waals surface area contributed by atoms with Gasteiger partial charge in [-0.15, -0.1) is 0 Å². The minimum absolute atomic E-state index is 0.00634. The predicted molar refractivity (Wildman–Crippen MR) is 107 cm³/mol. The Balaban J connectivity index is 1.56. The second-order valence-corrected chi connectivity index (χ2v) is 7.57. The molecule has 4 N–H and O–H groups in total. The van der Waals surface area contributed by atoms with Gasteiger partial charge < -0.3 is 15.0 Å². The van der Waals surface area contributed by atoms with E-state index < -0.39 is 5.54 Å². The number of rotatable bonds is 3. The van der Waals surface area contributed by atoms with Gasteiger partial charge in [0.1, 0.15) is 5.54 Å². The maximum absolute atomic E-state index is 13.1. The molecule has 2 unspecified atom stereocenters. The molecule has 2 heterocycles. The van der Waals surface area contributed by atoms with E-state index in [4.69, 9.17) is 15.6 Å². The highest BCUT2D eigenvalue weighted by atomic mass is 16.5. The summed E-state index contributed by atoms with van der Waals surface area (Å²) in [7, 11) is 0. The molecule has 1 aromatic heterocycles. The number of nitrogens with one attached hydrogen (secondary N) is 4. The van der Waals surface area contributed by atoms with Crippen molar-refractivity contribution in [2.75, 3.05) is 5.32 Å². The topological polar surface area (TPSA) is 118 Å². The van der Waals surface area contributed by atoms with Crippen LogP contribution in [0.25, 0.3) is 11.3 Å². The molecule has 28 heavy (non-hydrogen) atoms. The molecule has 2 atom stereocenters. The standard InChI is InChI=1S/C20H24N6O2/c1-12-5-6-14(10-16(12)17-7-9-23-25-17)24-19(27)26-15-4-3-8-20(26,11-15)18(22)28-13(2)21/h5-7,9-10,15,21-22H,3-4,8,11H2,1-2H3,(H,23,25)(H,24,27). The number of hydrogen-bond acceptors (Lipinski definition) is 5. The Hall–Kier alpha value is -3.16. The smallest absolute Gasteiger partial charge is 0.322 e. The number of fused-ring (bicyclic) bond motifs is 2. The van der Waals surface area contributed by atoms with Gasteiger partial charge in [0.05, 0.1) is 5.69 Å². The normalized spacial score (nSPS) is 22.9. The summed E-state index contributed by atoms with van der Waals surface area (Å²) in [5.41, 5.74) is 2.91. The Morgan fingerprint density at radius 2 is 2.21 bits per heavy atom. The van der Waals surface area contributed by atoms with Gasteiger partial charge in [-0.1, -0.05) is 6.07 Å². The van der Waals surface area contributed by atoms with E-state index in [-0.39, 0.29) is 23.9 Å². The molecule has 4 rings (SSSR count). The van der Waals surface area contributed by atoms with Crippen LogP contribution in [0, 0.1) is 17.7 Å². The molecule has 0 spiro atoms. The molecule has 1 aromatic carbocycles. The fraction of sp³-hybridized carbons (Fsp3) is 0.400. The first kappa shape index (κ1) is 18.2. The predicted octanol–water partition coefficient (Wildman–Crippen LogP) is 3.91. The van der Waals surface area contributed by atoms with Crippen molar-refractivity contribution in [2.45, 2.75) is 51.1 Å². The first-order valence-electron chi connectivity index (χ1n) is 9.43. The number of ether oxygens (including phenoxy) is 1. The summed E-state index contributed by atoms with van der Waals surface area (Å²) in [6, 6.07) is 7.53. The minimum atomic E-state index is -0.730. The quantitative estimate of drug-likeness (QED) is 0.477. The van der Waals surface area contributed by atoms with Crippen molar-refractivity contribution >= 4 is 23.5 Å². The van der Waals surface area contributed by atoms with E-state index in [9.17, 15) is 4.79 Å². The van der Waals surface area contributed by atoms with E-state index >= 15 is 0 Å². The lowest BCUT2D eigenvalue weighted by atomic mass is 9.68. The lowest BCUT2D eigenvalue weighted by Crippen LogP contribution is -2.74. The summed E-state index contributed by atoms with van der Waals surface area (Å²) in [5, 5.41) is 25.8. The molecule has 2 aromatic rings. The number of likely N-dealkylation sites (tertiary alicyclic amines) is 1. The maximum Gasteiger partial charge on any atom is 0.322 e. The molecule has 1 saturated carbocycles. The second-order valence-electron chi connectivity index (χ2n) is 7.57. The van der Waals surface area contributed by atoms with E-state index in [1.165, 1.54) is 6.92 Å². The number of anilines is 1. The number of benzene rings is 1. The van der Waals surface area contributed by atoms with Crippen molar-refractivity contribution in [3.8, 4) is 11.3 Å². The average molecular weight is 380 g/mol. The number of aromatic amines is 1. The van der Waals surface area contributed by atoms with Crippen LogP contribution in [-0.4, -0.2) is 44.5 Å². The summed E-state index contributed by atoms with van der Waals surface area (Å²) in [6.45, 7) is 3.51. The highest BCUT2D eigenvalue weighted by molar-refractivity contribution is 6.00. The highest BCUT2D eigenvalue weighted by Crippen LogP contribution is 2.48. The summed E-state index contributed by atoms with van der Waals surface area (Å²) >= 11 is 0. The van der Waals surface area contributed by atoms with Crippen molar-refractivity contribution in [2.24, 2.45) is 0 Å². The minimum Gasteiger partial charge on any atom is -0.428 e. The molecular formula is C20H24N6O2. The van der Waals surface area contributed by atoms with Gasteiger partial charge in [0, 0.05) is 36.8 Å². The number of hydrogen-bond donors (Lipinski definition) is 4. The third kappa shape index (κ3) is 2.94. The van der Waals surface area contributed by atoms with Crippen LogP contribution in [0.1, 0.15) is 38.2 Å². The van der Waals surface area contributed by atoms with Crippen LogP contribution in [0.5, 0.6) is 0 Å². The van der Waals surface area contributed by atoms with E-state index in [2.05, 4.69) is 15.5 Å². The molecule has 8 nitrogen and oxygen atoms in total. The van der Waals surface area contributed by atoms with Crippen molar-refractivity contribution in [3.63, 3.8) is 0 Å². The van der Waals surface area contributed by atoms with Gasteiger partial charge in [0.15, 0.2) is 5.90 Å². The SMILES string of the molecule is CC(=N)OC(=N)C12CCCC(C1)N2C(=O)Nc1ccc(C)c(-c2ccn[nH]2)c1. The fourth-order valence-corrected chi connectivity index (χ4v) is 4.40. The van der Waals surface area contributed by atoms with E-state index in [1.54, 1.807) is 11.1 Å². The van der Waals surface area contributed by atoms with Crippen LogP contribution < -0.4 is 5.32 Å². The summed E-state index contributed by atoms with van der Waals surface area (Å²) in [5.74, 6) is -0.0374. The number of amides is 2. The first-order chi connectivity index (χ1) is 13.4. The lowest BCUT2D eigenvalue weighted by molar-refractivity contribution is -0.0329. The van der Waals surface area contributed by atoms with Gasteiger partial charge in [-0.25, -0.2) is 4.79 Å². The average Bonchev–Trinajstić information content (AvgIpc) is 3.17. The van der Waals surface area contributed by atoms with Gasteiger partial charge >= 0.3 is 6.03 Å². The molecule has 8 heteroatoms. The van der Waals surface area contributed by atoms with Crippen LogP contribution in [0.4, 0.5) is 10.5 Å². The number of H-pyrrole nitrogens is 1. The van der Waals surface area contributed by atoms with E-state index in [0.29, 0.717) is 12.1 Å². The van der Waals surface area contributed by atoms with E-state index in [0.717, 1.165) is 36.1 Å². The first-order valence-corrected chi connectivity index (χ1v) is 9.43. The Morgan fingerprint density at radius 3 is 2.89 bits per heavy atom. The molecular weight excluding hydrogens is 356 g/mol. The van der Waals surface area contributed by atoms with Crippen LogP contribution in [0.3, 0.4) is 0 Å². The van der Waals surface area contributed by atoms with Crippen LogP contribution in [0.15, 0.2) is 30.5 Å². The molecule has 2 bridgehead atoms. The van der Waals surface area contributed by atoms with Gasteiger partial charge in [-0.05, 0) is 49.9 Å². The number of carbonyl (C=O) groups excluding carboxylic acids is 1. The van der Waals surface area contributed by atoms with Crippen molar-refractivity contribution in [1.82, 2.24) is 15.1 Å². The summed E-state index contributed by atoms with van der Waals surface area (Å²) < 4.78 is 5.28. The molecule has 1 aliphatic carbocycles. The Labute approximate surface area is 163 Å². The number of piperidine rings is 1. The molecule has 2 aliphatic rings. The summed E-state index contributed by atoms with van der Waals surface area (Å²) in [4.78, 5) is 14.8. The van der Waals surface area contributed by atoms with Gasteiger partial charge in [-0.3, -0.25) is 15.9 Å².